The van der Waals surface area contributed by atoms with Gasteiger partial charge in [-0.05, 0) is 56.1 Å². The zero-order chi connectivity index (χ0) is 13.5. The summed E-state index contributed by atoms with van der Waals surface area (Å²) in [5.74, 6) is 1.96. The molecule has 2 heterocycles. The number of piperazine rings is 1. The predicted octanol–water partition coefficient (Wildman–Crippen LogP) is 3.27. The van der Waals surface area contributed by atoms with Gasteiger partial charge in [0.25, 0.3) is 0 Å². The average Bonchev–Trinajstić information content (AvgIpc) is 3.36. The molecule has 2 unspecified atom stereocenters. The SMILES string of the molecule is CCc1ccc(CN2CC(C3CC3)NCC2C2CC2)s1. The first-order valence-electron chi connectivity index (χ1n) is 8.38. The van der Waals surface area contributed by atoms with Gasteiger partial charge in [-0.25, -0.2) is 0 Å². The summed E-state index contributed by atoms with van der Waals surface area (Å²) >= 11 is 2.02. The monoisotopic (exact) mass is 290 g/mol. The van der Waals surface area contributed by atoms with E-state index in [4.69, 9.17) is 0 Å². The van der Waals surface area contributed by atoms with Gasteiger partial charge in [0.1, 0.15) is 0 Å². The van der Waals surface area contributed by atoms with Crippen molar-refractivity contribution in [3.8, 4) is 0 Å². The Labute approximate surface area is 126 Å². The fourth-order valence-electron chi connectivity index (χ4n) is 3.69. The number of thiophene rings is 1. The van der Waals surface area contributed by atoms with E-state index in [9.17, 15) is 0 Å². The quantitative estimate of drug-likeness (QED) is 0.895. The summed E-state index contributed by atoms with van der Waals surface area (Å²) in [5.41, 5.74) is 0. The van der Waals surface area contributed by atoms with E-state index in [-0.39, 0.29) is 0 Å². The lowest BCUT2D eigenvalue weighted by Gasteiger charge is -2.41. The van der Waals surface area contributed by atoms with Crippen LogP contribution < -0.4 is 5.32 Å². The van der Waals surface area contributed by atoms with E-state index >= 15 is 0 Å². The summed E-state index contributed by atoms with van der Waals surface area (Å²) in [6, 6.07) is 6.27. The van der Waals surface area contributed by atoms with Crippen LogP contribution in [-0.4, -0.2) is 30.1 Å². The Hall–Kier alpha value is -0.380. The van der Waals surface area contributed by atoms with E-state index in [0.717, 1.165) is 23.9 Å². The van der Waals surface area contributed by atoms with Gasteiger partial charge in [-0.15, -0.1) is 11.3 Å². The Morgan fingerprint density at radius 2 is 1.90 bits per heavy atom. The molecule has 0 amide bonds. The van der Waals surface area contributed by atoms with Crippen LogP contribution in [-0.2, 0) is 13.0 Å². The number of nitrogens with one attached hydrogen (secondary N) is 1. The van der Waals surface area contributed by atoms with Crippen LogP contribution in [0.4, 0.5) is 0 Å². The Balaban J connectivity index is 1.45. The molecule has 0 bridgehead atoms. The molecule has 1 aliphatic heterocycles. The van der Waals surface area contributed by atoms with Gasteiger partial charge in [0.05, 0.1) is 0 Å². The number of nitrogens with zero attached hydrogens (tertiary/aromatic N) is 1. The first-order valence-corrected chi connectivity index (χ1v) is 9.20. The fraction of sp³-hybridized carbons (Fsp3) is 0.765. The summed E-state index contributed by atoms with van der Waals surface area (Å²) in [7, 11) is 0. The predicted molar refractivity (Wildman–Crippen MR) is 85.1 cm³/mol. The molecule has 2 nitrogen and oxygen atoms in total. The van der Waals surface area contributed by atoms with Crippen LogP contribution in [0.15, 0.2) is 12.1 Å². The van der Waals surface area contributed by atoms with Crippen LogP contribution >= 0.6 is 11.3 Å². The van der Waals surface area contributed by atoms with Crippen LogP contribution in [0.25, 0.3) is 0 Å². The Morgan fingerprint density at radius 3 is 2.55 bits per heavy atom. The maximum atomic E-state index is 3.85. The summed E-state index contributed by atoms with van der Waals surface area (Å²) in [5, 5.41) is 3.85. The van der Waals surface area contributed by atoms with Crippen LogP contribution in [0.2, 0.25) is 0 Å². The molecule has 2 aliphatic carbocycles. The number of aryl methyl sites for hydroxylation is 1. The van der Waals surface area contributed by atoms with Crippen molar-refractivity contribution in [2.24, 2.45) is 11.8 Å². The lowest BCUT2D eigenvalue weighted by atomic mass is 10.0. The number of hydrogen-bond donors (Lipinski definition) is 1. The summed E-state index contributed by atoms with van der Waals surface area (Å²) in [6.07, 6.45) is 7.02. The highest BCUT2D eigenvalue weighted by atomic mass is 32.1. The van der Waals surface area contributed by atoms with Crippen molar-refractivity contribution >= 4 is 11.3 Å². The summed E-state index contributed by atoms with van der Waals surface area (Å²) < 4.78 is 0. The second-order valence-corrected chi connectivity index (χ2v) is 8.16. The molecular weight excluding hydrogens is 264 g/mol. The molecule has 20 heavy (non-hydrogen) atoms. The number of rotatable bonds is 5. The second kappa shape index (κ2) is 5.43. The van der Waals surface area contributed by atoms with E-state index < -0.39 is 0 Å². The van der Waals surface area contributed by atoms with Gasteiger partial charge < -0.3 is 5.32 Å². The second-order valence-electron chi connectivity index (χ2n) is 6.91. The van der Waals surface area contributed by atoms with Crippen molar-refractivity contribution in [1.82, 2.24) is 10.2 Å². The Bertz CT molecular complexity index is 461. The maximum Gasteiger partial charge on any atom is 0.0332 e. The molecule has 1 saturated heterocycles. The highest BCUT2D eigenvalue weighted by Crippen LogP contribution is 2.40. The van der Waals surface area contributed by atoms with E-state index in [2.05, 4.69) is 29.3 Å². The van der Waals surface area contributed by atoms with Crippen LogP contribution in [0.3, 0.4) is 0 Å². The Morgan fingerprint density at radius 1 is 1.15 bits per heavy atom. The zero-order valence-corrected chi connectivity index (χ0v) is 13.3. The molecule has 0 aromatic carbocycles. The van der Waals surface area contributed by atoms with Crippen molar-refractivity contribution in [2.75, 3.05) is 13.1 Å². The molecule has 3 fully saturated rings. The maximum absolute atomic E-state index is 3.85. The zero-order valence-electron chi connectivity index (χ0n) is 12.5. The minimum absolute atomic E-state index is 0.774. The van der Waals surface area contributed by atoms with Gasteiger partial charge in [0, 0.05) is 41.5 Å². The third kappa shape index (κ3) is 2.81. The third-order valence-corrected chi connectivity index (χ3v) is 6.49. The van der Waals surface area contributed by atoms with E-state index in [1.165, 1.54) is 56.6 Å². The van der Waals surface area contributed by atoms with Crippen molar-refractivity contribution in [2.45, 2.75) is 57.7 Å². The Kier molecular flexibility index (Phi) is 3.61. The molecule has 1 N–H and O–H groups in total. The molecule has 1 aromatic rings. The number of hydrogen-bond acceptors (Lipinski definition) is 3. The molecule has 4 rings (SSSR count). The van der Waals surface area contributed by atoms with Crippen molar-refractivity contribution < 1.29 is 0 Å². The van der Waals surface area contributed by atoms with E-state index in [1.807, 2.05) is 11.3 Å². The lowest BCUT2D eigenvalue weighted by Crippen LogP contribution is -2.57. The van der Waals surface area contributed by atoms with Crippen molar-refractivity contribution in [3.05, 3.63) is 21.9 Å². The minimum atomic E-state index is 0.774. The molecule has 3 heteroatoms. The van der Waals surface area contributed by atoms with Gasteiger partial charge in [-0.3, -0.25) is 4.90 Å². The molecule has 0 spiro atoms. The summed E-state index contributed by atoms with van der Waals surface area (Å²) in [4.78, 5) is 5.92. The van der Waals surface area contributed by atoms with E-state index in [0.29, 0.717) is 0 Å². The van der Waals surface area contributed by atoms with Gasteiger partial charge in [-0.2, -0.15) is 0 Å². The smallest absolute Gasteiger partial charge is 0.0332 e. The first kappa shape index (κ1) is 13.3. The molecule has 2 atom stereocenters. The highest BCUT2D eigenvalue weighted by molar-refractivity contribution is 7.11. The normalized spacial score (nSPS) is 31.6. The molecular formula is C17H26N2S. The van der Waals surface area contributed by atoms with Crippen molar-refractivity contribution in [3.63, 3.8) is 0 Å². The average molecular weight is 290 g/mol. The van der Waals surface area contributed by atoms with Gasteiger partial charge in [0.15, 0.2) is 0 Å². The van der Waals surface area contributed by atoms with Crippen LogP contribution in [0.1, 0.15) is 42.4 Å². The van der Waals surface area contributed by atoms with Gasteiger partial charge in [-0.1, -0.05) is 6.92 Å². The fourth-order valence-corrected chi connectivity index (χ4v) is 4.68. The van der Waals surface area contributed by atoms with Gasteiger partial charge >= 0.3 is 0 Å². The highest BCUT2D eigenvalue weighted by Gasteiger charge is 2.42. The topological polar surface area (TPSA) is 15.3 Å². The van der Waals surface area contributed by atoms with E-state index in [1.54, 1.807) is 4.88 Å². The van der Waals surface area contributed by atoms with Crippen molar-refractivity contribution in [1.29, 1.82) is 0 Å². The molecule has 2 saturated carbocycles. The minimum Gasteiger partial charge on any atom is -0.311 e. The molecule has 1 aromatic heterocycles. The molecule has 0 radical (unpaired) electrons. The largest absolute Gasteiger partial charge is 0.311 e. The third-order valence-electron chi connectivity index (χ3n) is 5.27. The first-order chi connectivity index (χ1) is 9.83. The van der Waals surface area contributed by atoms with Crippen LogP contribution in [0.5, 0.6) is 0 Å². The molecule has 110 valence electrons. The standard InChI is InChI=1S/C17H26N2S/c1-2-14-7-8-15(20-14)10-19-11-16(12-3-4-12)18-9-17(19)13-5-6-13/h7-8,12-13,16-18H,2-6,9-11H2,1H3. The van der Waals surface area contributed by atoms with Gasteiger partial charge in [0.2, 0.25) is 0 Å². The summed E-state index contributed by atoms with van der Waals surface area (Å²) in [6.45, 7) is 5.97. The molecule has 3 aliphatic rings. The van der Waals surface area contributed by atoms with Crippen LogP contribution in [0, 0.1) is 11.8 Å². The lowest BCUT2D eigenvalue weighted by molar-refractivity contribution is 0.101.